The van der Waals surface area contributed by atoms with Crippen LogP contribution in [-0.2, 0) is 19.1 Å². The van der Waals surface area contributed by atoms with Gasteiger partial charge in [-0.1, -0.05) is 19.4 Å². The lowest BCUT2D eigenvalue weighted by atomic mass is 9.45. The molecule has 7 atom stereocenters. The van der Waals surface area contributed by atoms with Gasteiger partial charge >= 0.3 is 5.97 Å². The van der Waals surface area contributed by atoms with Crippen LogP contribution >= 0.6 is 0 Å². The monoisotopic (exact) mass is 420 g/mol. The van der Waals surface area contributed by atoms with Crippen LogP contribution in [0.5, 0.6) is 0 Å². The SMILES string of the molecule is C[C@]12CCC(=O)C=C1CC[C@@H]1[C@@H]2[C@@H](O)C[C@@]2(C)[C@H]1CC[C@]2(O)C(=O)COC(=O)C[NH3+]. The Hall–Kier alpha value is -1.57. The Labute approximate surface area is 177 Å². The molecule has 0 amide bonds. The lowest BCUT2D eigenvalue weighted by Crippen LogP contribution is -2.62. The van der Waals surface area contributed by atoms with Crippen LogP contribution < -0.4 is 5.73 Å². The summed E-state index contributed by atoms with van der Waals surface area (Å²) >= 11 is 0. The third kappa shape index (κ3) is 2.93. The number of rotatable bonds is 4. The van der Waals surface area contributed by atoms with Crippen molar-refractivity contribution in [2.75, 3.05) is 13.2 Å². The highest BCUT2D eigenvalue weighted by Gasteiger charge is 2.68. The van der Waals surface area contributed by atoms with Gasteiger partial charge in [0.1, 0.15) is 5.60 Å². The highest BCUT2D eigenvalue weighted by Crippen LogP contribution is 2.67. The smallest absolute Gasteiger partial charge is 0.361 e. The number of esters is 1. The highest BCUT2D eigenvalue weighted by atomic mass is 16.5. The second-order valence-corrected chi connectivity index (χ2v) is 10.3. The van der Waals surface area contributed by atoms with Crippen molar-refractivity contribution >= 4 is 17.5 Å². The van der Waals surface area contributed by atoms with Crippen LogP contribution in [0.4, 0.5) is 0 Å². The van der Waals surface area contributed by atoms with Crippen LogP contribution in [0, 0.1) is 28.6 Å². The molecule has 7 nitrogen and oxygen atoms in total. The largest absolute Gasteiger partial charge is 0.453 e. The van der Waals surface area contributed by atoms with Gasteiger partial charge in [0, 0.05) is 11.8 Å². The van der Waals surface area contributed by atoms with Gasteiger partial charge in [-0.3, -0.25) is 9.59 Å². The van der Waals surface area contributed by atoms with Crippen molar-refractivity contribution in [2.24, 2.45) is 28.6 Å². The summed E-state index contributed by atoms with van der Waals surface area (Å²) in [6.07, 6.45) is 5.47. The van der Waals surface area contributed by atoms with Crippen molar-refractivity contribution in [3.63, 3.8) is 0 Å². The molecule has 4 aliphatic rings. The maximum absolute atomic E-state index is 13.0. The van der Waals surface area contributed by atoms with E-state index in [-0.39, 0.29) is 35.5 Å². The minimum Gasteiger partial charge on any atom is -0.453 e. The van der Waals surface area contributed by atoms with E-state index in [9.17, 15) is 24.6 Å². The standard InChI is InChI=1S/C23H33NO6/c1-21-7-5-14(25)9-13(21)3-4-15-16-6-8-23(29,18(27)12-30-19(28)11-24)22(16,2)10-17(26)20(15)21/h9,15-17,20,26,29H,3-8,10-12,24H2,1-2H3/p+1/t15-,16-,17-,20+,21-,22-,23-/m0/s1. The number of carbonyl (C=O) groups is 3. The van der Waals surface area contributed by atoms with E-state index >= 15 is 0 Å². The molecule has 3 fully saturated rings. The lowest BCUT2D eigenvalue weighted by molar-refractivity contribution is -0.359. The summed E-state index contributed by atoms with van der Waals surface area (Å²) in [4.78, 5) is 36.4. The molecule has 0 aliphatic heterocycles. The van der Waals surface area contributed by atoms with E-state index in [4.69, 9.17) is 4.74 Å². The molecule has 0 aromatic carbocycles. The molecule has 0 bridgehead atoms. The van der Waals surface area contributed by atoms with Crippen LogP contribution in [0.15, 0.2) is 11.6 Å². The second kappa shape index (κ2) is 7.24. The van der Waals surface area contributed by atoms with Gasteiger partial charge < -0.3 is 20.7 Å². The summed E-state index contributed by atoms with van der Waals surface area (Å²) in [5.41, 5.74) is 2.04. The molecule has 0 aromatic heterocycles. The fraction of sp³-hybridized carbons (Fsp3) is 0.783. The van der Waals surface area contributed by atoms with Gasteiger partial charge in [0.2, 0.25) is 5.78 Å². The number of carbonyl (C=O) groups excluding carboxylic acids is 3. The number of Topliss-reactive ketones (excluding diaryl/α,β-unsaturated/α-hetero) is 1. The molecule has 0 heterocycles. The maximum atomic E-state index is 13.0. The summed E-state index contributed by atoms with van der Waals surface area (Å²) in [5, 5.41) is 22.8. The molecule has 5 N–H and O–H groups in total. The van der Waals surface area contributed by atoms with Crippen LogP contribution in [0.3, 0.4) is 0 Å². The van der Waals surface area contributed by atoms with Gasteiger partial charge in [0.15, 0.2) is 18.9 Å². The molecule has 0 unspecified atom stereocenters. The van der Waals surface area contributed by atoms with Crippen LogP contribution in [0.25, 0.3) is 0 Å². The normalized spacial score (nSPS) is 45.1. The van der Waals surface area contributed by atoms with E-state index in [2.05, 4.69) is 12.7 Å². The van der Waals surface area contributed by atoms with Crippen molar-refractivity contribution in [1.82, 2.24) is 0 Å². The Kier molecular flexibility index (Phi) is 5.23. The van der Waals surface area contributed by atoms with Gasteiger partial charge in [-0.15, -0.1) is 0 Å². The molecule has 0 aromatic rings. The van der Waals surface area contributed by atoms with E-state index in [1.54, 1.807) is 6.08 Å². The number of quaternary nitrogens is 1. The number of hydrogen-bond acceptors (Lipinski definition) is 6. The number of fused-ring (bicyclic) bond motifs is 5. The lowest BCUT2D eigenvalue weighted by Gasteiger charge is -2.60. The third-order valence-electron chi connectivity index (χ3n) is 9.08. The minimum atomic E-state index is -1.61. The number of aliphatic hydroxyl groups is 2. The fourth-order valence-electron chi connectivity index (χ4n) is 7.49. The zero-order valence-corrected chi connectivity index (χ0v) is 18.0. The number of ketones is 2. The first-order valence-electron chi connectivity index (χ1n) is 11.2. The number of aliphatic hydroxyl groups excluding tert-OH is 1. The predicted molar refractivity (Wildman–Crippen MR) is 107 cm³/mol. The average molecular weight is 421 g/mol. The van der Waals surface area contributed by atoms with Gasteiger partial charge in [-0.25, -0.2) is 4.79 Å². The summed E-state index contributed by atoms with van der Waals surface area (Å²) in [5.74, 6) is -0.538. The summed E-state index contributed by atoms with van der Waals surface area (Å²) in [7, 11) is 0. The summed E-state index contributed by atoms with van der Waals surface area (Å²) in [6, 6.07) is 0. The Morgan fingerprint density at radius 3 is 2.67 bits per heavy atom. The number of hydrogen-bond donors (Lipinski definition) is 3. The van der Waals surface area contributed by atoms with Crippen LogP contribution in [0.2, 0.25) is 0 Å². The molecule has 4 aliphatic carbocycles. The number of ether oxygens (including phenoxy) is 1. The van der Waals surface area contributed by atoms with Gasteiger partial charge in [-0.2, -0.15) is 0 Å². The molecule has 3 saturated carbocycles. The Morgan fingerprint density at radius 2 is 1.97 bits per heavy atom. The van der Waals surface area contributed by atoms with Crippen molar-refractivity contribution in [1.29, 1.82) is 0 Å². The quantitative estimate of drug-likeness (QED) is 0.571. The first-order chi connectivity index (χ1) is 14.1. The molecule has 0 spiro atoms. The van der Waals surface area contributed by atoms with E-state index in [0.717, 1.165) is 24.8 Å². The fourth-order valence-corrected chi connectivity index (χ4v) is 7.49. The highest BCUT2D eigenvalue weighted by molar-refractivity contribution is 5.92. The summed E-state index contributed by atoms with van der Waals surface area (Å²) < 4.78 is 4.97. The van der Waals surface area contributed by atoms with Crippen molar-refractivity contribution in [2.45, 2.75) is 70.5 Å². The molecule has 0 radical (unpaired) electrons. The first kappa shape index (κ1) is 21.7. The van der Waals surface area contributed by atoms with E-state index in [0.29, 0.717) is 25.7 Å². The molecular weight excluding hydrogens is 386 g/mol. The van der Waals surface area contributed by atoms with Gasteiger partial charge in [0.25, 0.3) is 0 Å². The van der Waals surface area contributed by atoms with Crippen molar-refractivity contribution in [3.05, 3.63) is 11.6 Å². The third-order valence-corrected chi connectivity index (χ3v) is 9.08. The average Bonchev–Trinajstić information content (AvgIpc) is 2.97. The Balaban J connectivity index is 1.62. The Morgan fingerprint density at radius 1 is 1.23 bits per heavy atom. The van der Waals surface area contributed by atoms with Gasteiger partial charge in [0.05, 0.1) is 6.10 Å². The van der Waals surface area contributed by atoms with Crippen molar-refractivity contribution in [3.8, 4) is 0 Å². The first-order valence-corrected chi connectivity index (χ1v) is 11.2. The zero-order valence-electron chi connectivity index (χ0n) is 18.0. The molecule has 0 saturated heterocycles. The minimum absolute atomic E-state index is 0.0325. The van der Waals surface area contributed by atoms with Crippen LogP contribution in [0.1, 0.15) is 58.8 Å². The van der Waals surface area contributed by atoms with Crippen LogP contribution in [-0.4, -0.2) is 52.6 Å². The predicted octanol–water partition coefficient (Wildman–Crippen LogP) is 0.574. The molecule has 30 heavy (non-hydrogen) atoms. The zero-order chi connectivity index (χ0) is 21.9. The molecule has 4 rings (SSSR count). The topological polar surface area (TPSA) is 129 Å². The van der Waals surface area contributed by atoms with Gasteiger partial charge in [-0.05, 0) is 67.8 Å². The number of allylic oxidation sites excluding steroid dienone is 1. The van der Waals surface area contributed by atoms with E-state index in [1.165, 1.54) is 0 Å². The van der Waals surface area contributed by atoms with E-state index < -0.39 is 35.5 Å². The second-order valence-electron chi connectivity index (χ2n) is 10.3. The van der Waals surface area contributed by atoms with E-state index in [1.807, 2.05) is 6.92 Å². The molecule has 7 heteroatoms. The molecular formula is C23H34NO6+. The maximum Gasteiger partial charge on any atom is 0.361 e. The van der Waals surface area contributed by atoms with Crippen molar-refractivity contribution < 1.29 is 35.1 Å². The Bertz CT molecular complexity index is 808. The molecule has 166 valence electrons. The summed E-state index contributed by atoms with van der Waals surface area (Å²) in [6.45, 7) is 3.58.